The summed E-state index contributed by atoms with van der Waals surface area (Å²) in [6.45, 7) is 3.55. The summed E-state index contributed by atoms with van der Waals surface area (Å²) in [5.74, 6) is -0.0198. The fourth-order valence-electron chi connectivity index (χ4n) is 2.19. The fraction of sp³-hybridized carbons (Fsp3) is 0.462. The number of benzene rings is 1. The van der Waals surface area contributed by atoms with Crippen molar-refractivity contribution >= 4 is 18.4 Å². The Morgan fingerprint density at radius 3 is 2.81 bits per heavy atom. The molecule has 16 heavy (non-hydrogen) atoms. The average molecular weight is 236 g/mol. The minimum absolute atomic E-state index is 0.0198. The molecule has 0 heterocycles. The number of carbonyl (C=O) groups is 1. The van der Waals surface area contributed by atoms with Crippen LogP contribution in [0.3, 0.4) is 0 Å². The second kappa shape index (κ2) is 3.90. The lowest BCUT2D eigenvalue weighted by Crippen LogP contribution is -2.26. The number of thiol groups is 1. The van der Waals surface area contributed by atoms with Crippen LogP contribution in [-0.2, 0) is 6.42 Å². The van der Waals surface area contributed by atoms with Crippen molar-refractivity contribution in [2.45, 2.75) is 37.5 Å². The van der Waals surface area contributed by atoms with Crippen molar-refractivity contribution in [3.63, 3.8) is 0 Å². The van der Waals surface area contributed by atoms with Crippen LogP contribution < -0.4 is 0 Å². The van der Waals surface area contributed by atoms with Gasteiger partial charge in [-0.05, 0) is 37.8 Å². The van der Waals surface area contributed by atoms with E-state index in [0.717, 1.165) is 17.5 Å². The van der Waals surface area contributed by atoms with E-state index in [1.807, 2.05) is 12.1 Å². The van der Waals surface area contributed by atoms with Crippen molar-refractivity contribution in [1.82, 2.24) is 0 Å². The van der Waals surface area contributed by atoms with Crippen molar-refractivity contribution in [3.8, 4) is 0 Å². The first-order valence-electron chi connectivity index (χ1n) is 5.48. The molecule has 0 radical (unpaired) electrons. The highest BCUT2D eigenvalue weighted by molar-refractivity contribution is 7.82. The minimum atomic E-state index is -0.697. The zero-order valence-corrected chi connectivity index (χ0v) is 10.4. The van der Waals surface area contributed by atoms with E-state index in [4.69, 9.17) is 0 Å². The number of aliphatic hydroxyl groups is 1. The van der Waals surface area contributed by atoms with Gasteiger partial charge in [-0.1, -0.05) is 18.2 Å². The molecule has 0 aliphatic heterocycles. The molecule has 1 aliphatic carbocycles. The first kappa shape index (κ1) is 11.7. The van der Waals surface area contributed by atoms with Gasteiger partial charge in [0.05, 0.1) is 10.9 Å². The second-order valence-corrected chi connectivity index (χ2v) is 5.94. The Morgan fingerprint density at radius 2 is 2.19 bits per heavy atom. The molecule has 1 aromatic carbocycles. The lowest BCUT2D eigenvalue weighted by atomic mass is 9.93. The first-order valence-corrected chi connectivity index (χ1v) is 5.93. The van der Waals surface area contributed by atoms with Gasteiger partial charge in [0.25, 0.3) is 0 Å². The molecule has 1 atom stereocenters. The highest BCUT2D eigenvalue weighted by Gasteiger charge is 2.31. The van der Waals surface area contributed by atoms with Gasteiger partial charge < -0.3 is 5.11 Å². The number of hydrogen-bond donors (Lipinski definition) is 2. The second-order valence-electron chi connectivity index (χ2n) is 4.82. The monoisotopic (exact) mass is 236 g/mol. The van der Waals surface area contributed by atoms with Crippen molar-refractivity contribution in [3.05, 3.63) is 34.9 Å². The third kappa shape index (κ3) is 1.89. The maximum absolute atomic E-state index is 12.2. The van der Waals surface area contributed by atoms with Gasteiger partial charge in [-0.2, -0.15) is 12.6 Å². The van der Waals surface area contributed by atoms with Gasteiger partial charge in [0.2, 0.25) is 0 Å². The number of hydrogen-bond acceptors (Lipinski definition) is 3. The average Bonchev–Trinajstić information content (AvgIpc) is 2.58. The number of carbonyl (C=O) groups excluding carboxylic acids is 1. The molecular weight excluding hydrogens is 220 g/mol. The zero-order valence-electron chi connectivity index (χ0n) is 9.53. The SMILES string of the molecule is CC(C)(S)C(=O)c1cccc2c1C(O)CC2. The number of Topliss-reactive ketones (excluding diaryl/α,β-unsaturated/α-hetero) is 1. The van der Waals surface area contributed by atoms with Gasteiger partial charge in [-0.15, -0.1) is 0 Å². The van der Waals surface area contributed by atoms with E-state index in [9.17, 15) is 9.90 Å². The van der Waals surface area contributed by atoms with Crippen molar-refractivity contribution < 1.29 is 9.90 Å². The van der Waals surface area contributed by atoms with E-state index in [0.29, 0.717) is 12.0 Å². The maximum Gasteiger partial charge on any atom is 0.178 e. The predicted molar refractivity (Wildman–Crippen MR) is 67.1 cm³/mol. The van der Waals surface area contributed by atoms with Gasteiger partial charge in [0, 0.05) is 5.56 Å². The summed E-state index contributed by atoms with van der Waals surface area (Å²) in [4.78, 5) is 12.2. The number of ketones is 1. The molecule has 0 aromatic heterocycles. The van der Waals surface area contributed by atoms with Gasteiger partial charge in [0.1, 0.15) is 0 Å². The van der Waals surface area contributed by atoms with Crippen molar-refractivity contribution in [1.29, 1.82) is 0 Å². The molecule has 0 saturated heterocycles. The molecule has 1 aromatic rings. The highest BCUT2D eigenvalue weighted by atomic mass is 32.1. The smallest absolute Gasteiger partial charge is 0.178 e. The standard InChI is InChI=1S/C13H16O2S/c1-13(2,16)12(15)9-5-3-4-8-6-7-10(14)11(8)9/h3-5,10,14,16H,6-7H2,1-2H3. The topological polar surface area (TPSA) is 37.3 Å². The van der Waals surface area contributed by atoms with Crippen LogP contribution in [0.2, 0.25) is 0 Å². The van der Waals surface area contributed by atoms with Crippen LogP contribution in [0.15, 0.2) is 18.2 Å². The Bertz CT molecular complexity index is 432. The largest absolute Gasteiger partial charge is 0.388 e. The van der Waals surface area contributed by atoms with E-state index in [1.165, 1.54) is 0 Å². The number of rotatable bonds is 2. The van der Waals surface area contributed by atoms with Crippen LogP contribution in [0.5, 0.6) is 0 Å². The summed E-state index contributed by atoms with van der Waals surface area (Å²) in [7, 11) is 0. The van der Waals surface area contributed by atoms with Crippen LogP contribution >= 0.6 is 12.6 Å². The van der Waals surface area contributed by atoms with Crippen LogP contribution in [0.1, 0.15) is 47.9 Å². The summed E-state index contributed by atoms with van der Waals surface area (Å²) in [6.07, 6.45) is 1.07. The lowest BCUT2D eigenvalue weighted by Gasteiger charge is -2.19. The molecule has 1 N–H and O–H groups in total. The Morgan fingerprint density at radius 1 is 1.50 bits per heavy atom. The Balaban J connectivity index is 2.51. The molecule has 0 amide bonds. The Hall–Kier alpha value is -0.800. The van der Waals surface area contributed by atoms with Crippen LogP contribution in [0, 0.1) is 0 Å². The molecule has 0 fully saturated rings. The molecule has 0 saturated carbocycles. The molecule has 2 rings (SSSR count). The number of fused-ring (bicyclic) bond motifs is 1. The molecule has 3 heteroatoms. The van der Waals surface area contributed by atoms with Gasteiger partial charge >= 0.3 is 0 Å². The molecule has 86 valence electrons. The number of aryl methyl sites for hydroxylation is 1. The Labute approximate surface area is 101 Å². The van der Waals surface area contributed by atoms with Crippen LogP contribution in [0.4, 0.5) is 0 Å². The molecule has 0 bridgehead atoms. The number of aliphatic hydroxyl groups excluding tert-OH is 1. The normalized spacial score (nSPS) is 19.6. The minimum Gasteiger partial charge on any atom is -0.388 e. The molecule has 1 unspecified atom stereocenters. The van der Waals surface area contributed by atoms with Gasteiger partial charge in [0.15, 0.2) is 5.78 Å². The summed E-state index contributed by atoms with van der Waals surface area (Å²) in [5, 5.41) is 9.90. The summed E-state index contributed by atoms with van der Waals surface area (Å²) < 4.78 is -0.697. The van der Waals surface area contributed by atoms with E-state index in [1.54, 1.807) is 19.9 Å². The molecule has 2 nitrogen and oxygen atoms in total. The predicted octanol–water partition coefficient (Wildman–Crippen LogP) is 2.56. The van der Waals surface area contributed by atoms with E-state index in [2.05, 4.69) is 12.6 Å². The van der Waals surface area contributed by atoms with E-state index < -0.39 is 10.9 Å². The molecule has 0 spiro atoms. The van der Waals surface area contributed by atoms with Crippen LogP contribution in [0.25, 0.3) is 0 Å². The maximum atomic E-state index is 12.2. The summed E-state index contributed by atoms with van der Waals surface area (Å²) in [6, 6.07) is 5.64. The third-order valence-electron chi connectivity index (χ3n) is 3.02. The van der Waals surface area contributed by atoms with E-state index >= 15 is 0 Å². The summed E-state index contributed by atoms with van der Waals surface area (Å²) in [5.41, 5.74) is 2.54. The lowest BCUT2D eigenvalue weighted by molar-refractivity contribution is 0.0952. The van der Waals surface area contributed by atoms with Crippen LogP contribution in [-0.4, -0.2) is 15.6 Å². The zero-order chi connectivity index (χ0) is 11.9. The third-order valence-corrected chi connectivity index (χ3v) is 3.22. The highest BCUT2D eigenvalue weighted by Crippen LogP contribution is 2.35. The Kier molecular flexibility index (Phi) is 2.84. The van der Waals surface area contributed by atoms with Gasteiger partial charge in [-0.3, -0.25) is 4.79 Å². The molecule has 1 aliphatic rings. The van der Waals surface area contributed by atoms with Crippen molar-refractivity contribution in [2.24, 2.45) is 0 Å². The first-order chi connectivity index (χ1) is 7.41. The van der Waals surface area contributed by atoms with Crippen molar-refractivity contribution in [2.75, 3.05) is 0 Å². The summed E-state index contributed by atoms with van der Waals surface area (Å²) >= 11 is 4.30. The quantitative estimate of drug-likeness (QED) is 0.611. The molecular formula is C13H16O2S. The fourth-order valence-corrected chi connectivity index (χ4v) is 2.31. The van der Waals surface area contributed by atoms with E-state index in [-0.39, 0.29) is 5.78 Å². The van der Waals surface area contributed by atoms with Gasteiger partial charge in [-0.25, -0.2) is 0 Å².